The van der Waals surface area contributed by atoms with Crippen LogP contribution in [0.5, 0.6) is 0 Å². The Balaban J connectivity index is 1.96. The molecule has 6 nitrogen and oxygen atoms in total. The lowest BCUT2D eigenvalue weighted by Crippen LogP contribution is -2.33. The molecule has 0 saturated carbocycles. The summed E-state index contributed by atoms with van der Waals surface area (Å²) in [5, 5.41) is 0. The minimum atomic E-state index is -2.94. The Hall–Kier alpha value is -2.15. The molecule has 1 aromatic carbocycles. The summed E-state index contributed by atoms with van der Waals surface area (Å²) in [6.07, 6.45) is 2.85. The summed E-state index contributed by atoms with van der Waals surface area (Å²) in [4.78, 5) is 13.7. The van der Waals surface area contributed by atoms with Crippen molar-refractivity contribution in [2.45, 2.75) is 32.2 Å². The number of unbranched alkanes of at least 4 members (excludes halogenated alkanes) is 1. The Bertz CT molecular complexity index is 871. The third-order valence-corrected chi connectivity index (χ3v) is 6.84. The number of benzene rings is 1. The Morgan fingerprint density at radius 3 is 2.44 bits per heavy atom. The van der Waals surface area contributed by atoms with E-state index in [-0.39, 0.29) is 17.5 Å². The highest BCUT2D eigenvalue weighted by molar-refractivity contribution is 7.91. The van der Waals surface area contributed by atoms with E-state index in [1.165, 1.54) is 0 Å². The van der Waals surface area contributed by atoms with Crippen LogP contribution < -0.4 is 9.80 Å². The third kappa shape index (κ3) is 4.77. The number of nitrogens with zero attached hydrogens (tertiary/aromatic N) is 4. The van der Waals surface area contributed by atoms with E-state index in [1.54, 1.807) is 0 Å². The second-order valence-corrected chi connectivity index (χ2v) is 9.45. The Morgan fingerprint density at radius 2 is 1.81 bits per heavy atom. The molecule has 0 N–H and O–H groups in total. The minimum Gasteiger partial charge on any atom is -0.359 e. The van der Waals surface area contributed by atoms with Crippen LogP contribution in [0.4, 0.5) is 11.6 Å². The van der Waals surface area contributed by atoms with E-state index in [9.17, 15) is 8.42 Å². The van der Waals surface area contributed by atoms with Crippen LogP contribution in [0, 0.1) is 0 Å². The third-order valence-electron chi connectivity index (χ3n) is 5.09. The lowest BCUT2D eigenvalue weighted by atomic mass is 10.2. The summed E-state index contributed by atoms with van der Waals surface area (Å²) in [6, 6.07) is 11.8. The number of anilines is 2. The molecule has 1 atom stereocenters. The number of aromatic nitrogens is 2. The molecule has 0 spiro atoms. The monoisotopic (exact) mass is 388 g/mol. The van der Waals surface area contributed by atoms with Gasteiger partial charge in [0.05, 0.1) is 11.5 Å². The normalized spacial score (nSPS) is 18.4. The van der Waals surface area contributed by atoms with Crippen molar-refractivity contribution in [3.05, 3.63) is 36.4 Å². The first-order chi connectivity index (χ1) is 12.9. The van der Waals surface area contributed by atoms with E-state index >= 15 is 0 Å². The zero-order chi connectivity index (χ0) is 19.4. The first-order valence-electron chi connectivity index (χ1n) is 9.48. The van der Waals surface area contributed by atoms with Crippen molar-refractivity contribution in [1.82, 2.24) is 9.97 Å². The zero-order valence-corrected chi connectivity index (χ0v) is 17.1. The predicted molar refractivity (Wildman–Crippen MR) is 111 cm³/mol. The SMILES string of the molecule is CCCCN(C)c1cc(N(C)C2CCS(=O)(=O)C2)nc(-c2ccccc2)n1. The van der Waals surface area contributed by atoms with Crippen molar-refractivity contribution in [2.24, 2.45) is 0 Å². The number of hydrogen-bond donors (Lipinski definition) is 0. The van der Waals surface area contributed by atoms with Crippen LogP contribution in [-0.2, 0) is 9.84 Å². The molecular formula is C20H28N4O2S. The van der Waals surface area contributed by atoms with E-state index in [0.717, 1.165) is 36.6 Å². The molecule has 1 fully saturated rings. The molecule has 7 heteroatoms. The topological polar surface area (TPSA) is 66.4 Å². The second-order valence-electron chi connectivity index (χ2n) is 7.22. The van der Waals surface area contributed by atoms with Gasteiger partial charge in [0, 0.05) is 38.3 Å². The summed E-state index contributed by atoms with van der Waals surface area (Å²) in [5.41, 5.74) is 0.955. The van der Waals surface area contributed by atoms with Gasteiger partial charge >= 0.3 is 0 Å². The largest absolute Gasteiger partial charge is 0.359 e. The van der Waals surface area contributed by atoms with Gasteiger partial charge in [-0.2, -0.15) is 0 Å². The zero-order valence-electron chi connectivity index (χ0n) is 16.3. The van der Waals surface area contributed by atoms with Crippen LogP contribution in [-0.4, -0.2) is 56.6 Å². The van der Waals surface area contributed by atoms with Crippen molar-refractivity contribution in [3.8, 4) is 11.4 Å². The Kier molecular flexibility index (Phi) is 5.99. The first kappa shape index (κ1) is 19.6. The quantitative estimate of drug-likeness (QED) is 0.726. The van der Waals surface area contributed by atoms with Crippen LogP contribution in [0.25, 0.3) is 11.4 Å². The second kappa shape index (κ2) is 8.25. The van der Waals surface area contributed by atoms with Gasteiger partial charge in [0.2, 0.25) is 0 Å². The van der Waals surface area contributed by atoms with Crippen LogP contribution in [0.3, 0.4) is 0 Å². The van der Waals surface area contributed by atoms with Crippen LogP contribution in [0.15, 0.2) is 36.4 Å². The van der Waals surface area contributed by atoms with Crippen molar-refractivity contribution < 1.29 is 8.42 Å². The summed E-state index contributed by atoms with van der Waals surface area (Å²) in [5.74, 6) is 2.74. The fourth-order valence-electron chi connectivity index (χ4n) is 3.29. The van der Waals surface area contributed by atoms with Crippen LogP contribution in [0.1, 0.15) is 26.2 Å². The lowest BCUT2D eigenvalue weighted by Gasteiger charge is -2.27. The van der Waals surface area contributed by atoms with Gasteiger partial charge in [0.15, 0.2) is 15.7 Å². The van der Waals surface area contributed by atoms with E-state index in [2.05, 4.69) is 11.8 Å². The first-order valence-corrected chi connectivity index (χ1v) is 11.3. The summed E-state index contributed by atoms with van der Waals surface area (Å²) in [7, 11) is 1.02. The van der Waals surface area contributed by atoms with Crippen LogP contribution >= 0.6 is 0 Å². The van der Waals surface area contributed by atoms with Crippen molar-refractivity contribution in [3.63, 3.8) is 0 Å². The molecule has 146 valence electrons. The van der Waals surface area contributed by atoms with Gasteiger partial charge in [-0.25, -0.2) is 18.4 Å². The summed E-state index contributed by atoms with van der Waals surface area (Å²) < 4.78 is 23.8. The van der Waals surface area contributed by atoms with Gasteiger partial charge in [-0.3, -0.25) is 0 Å². The molecule has 1 aliphatic heterocycles. The van der Waals surface area contributed by atoms with E-state index in [4.69, 9.17) is 9.97 Å². The molecule has 1 unspecified atom stereocenters. The standard InChI is InChI=1S/C20H28N4O2S/c1-4-5-12-23(2)18-14-19(24(3)17-11-13-27(25,26)15-17)22-20(21-18)16-9-7-6-8-10-16/h6-10,14,17H,4-5,11-13,15H2,1-3H3. The molecule has 0 aliphatic carbocycles. The van der Waals surface area contributed by atoms with Crippen molar-refractivity contribution >= 4 is 21.5 Å². The van der Waals surface area contributed by atoms with E-state index in [0.29, 0.717) is 12.2 Å². The van der Waals surface area contributed by atoms with Crippen molar-refractivity contribution in [2.75, 3.05) is 41.9 Å². The maximum Gasteiger partial charge on any atom is 0.163 e. The molecule has 27 heavy (non-hydrogen) atoms. The van der Waals surface area contributed by atoms with Gasteiger partial charge in [0.1, 0.15) is 11.6 Å². The highest BCUT2D eigenvalue weighted by Gasteiger charge is 2.31. The van der Waals surface area contributed by atoms with Gasteiger partial charge in [-0.15, -0.1) is 0 Å². The molecular weight excluding hydrogens is 360 g/mol. The maximum absolute atomic E-state index is 11.9. The van der Waals surface area contributed by atoms with E-state index < -0.39 is 9.84 Å². The van der Waals surface area contributed by atoms with Gasteiger partial charge in [0.25, 0.3) is 0 Å². The van der Waals surface area contributed by atoms with Gasteiger partial charge in [-0.05, 0) is 12.8 Å². The molecule has 3 rings (SSSR count). The van der Waals surface area contributed by atoms with Crippen LogP contribution in [0.2, 0.25) is 0 Å². The average Bonchev–Trinajstić information content (AvgIpc) is 3.05. The summed E-state index contributed by atoms with van der Waals surface area (Å²) >= 11 is 0. The minimum absolute atomic E-state index is 0.0395. The molecule has 2 aromatic rings. The molecule has 2 heterocycles. The smallest absolute Gasteiger partial charge is 0.163 e. The highest BCUT2D eigenvalue weighted by Crippen LogP contribution is 2.27. The highest BCUT2D eigenvalue weighted by atomic mass is 32.2. The fraction of sp³-hybridized carbons (Fsp3) is 0.500. The predicted octanol–water partition coefficient (Wildman–Crippen LogP) is 3.00. The molecule has 1 saturated heterocycles. The summed E-state index contributed by atoms with van der Waals surface area (Å²) in [6.45, 7) is 3.09. The number of sulfone groups is 1. The van der Waals surface area contributed by atoms with Gasteiger partial charge in [-0.1, -0.05) is 43.7 Å². The lowest BCUT2D eigenvalue weighted by molar-refractivity contribution is 0.600. The Morgan fingerprint density at radius 1 is 1.11 bits per heavy atom. The number of hydrogen-bond acceptors (Lipinski definition) is 6. The Labute approximate surface area is 162 Å². The number of rotatable bonds is 7. The molecule has 1 aliphatic rings. The molecule has 1 aromatic heterocycles. The molecule has 0 radical (unpaired) electrons. The molecule has 0 amide bonds. The fourth-order valence-corrected chi connectivity index (χ4v) is 5.07. The maximum atomic E-state index is 11.9. The van der Waals surface area contributed by atoms with E-state index in [1.807, 2.05) is 55.4 Å². The van der Waals surface area contributed by atoms with Crippen molar-refractivity contribution in [1.29, 1.82) is 0 Å². The van der Waals surface area contributed by atoms with Gasteiger partial charge < -0.3 is 9.80 Å². The molecule has 0 bridgehead atoms. The average molecular weight is 389 g/mol.